The highest BCUT2D eigenvalue weighted by atomic mass is 79.9. The fraction of sp³-hybridized carbons (Fsp3) is 0.476. The molecule has 1 aromatic carbocycles. The van der Waals surface area contributed by atoms with Gasteiger partial charge in [0.1, 0.15) is 16.1 Å². The Kier molecular flexibility index (Phi) is 6.13. The molecule has 1 saturated heterocycles. The van der Waals surface area contributed by atoms with E-state index in [0.29, 0.717) is 23.5 Å². The standard InChI is InChI=1S/C21H23BrClFN4O2S/c1-21(2,3)30-20(29)27-7-5-11(6-8-27)28-18-12-9-14(23)15(22)16(24)17(12)26-19(31-4)13(18)10-25-28/h9-11H,5-8H2,1-4H3. The van der Waals surface area contributed by atoms with Crippen molar-refractivity contribution >= 4 is 67.2 Å². The summed E-state index contributed by atoms with van der Waals surface area (Å²) in [7, 11) is 0. The molecule has 2 aromatic heterocycles. The molecule has 1 amide bonds. The molecule has 0 unspecified atom stereocenters. The molecule has 0 atom stereocenters. The number of nitrogens with zero attached hydrogens (tertiary/aromatic N) is 4. The molecule has 10 heteroatoms. The molecule has 3 aromatic rings. The van der Waals surface area contributed by atoms with Crippen LogP contribution in [0.3, 0.4) is 0 Å². The number of benzene rings is 1. The van der Waals surface area contributed by atoms with Crippen molar-refractivity contribution in [3.8, 4) is 0 Å². The maximum atomic E-state index is 15.0. The number of pyridine rings is 1. The number of rotatable bonds is 2. The van der Waals surface area contributed by atoms with E-state index in [-0.39, 0.29) is 27.1 Å². The number of halogens is 3. The first-order valence-corrected chi connectivity index (χ1v) is 12.4. The van der Waals surface area contributed by atoms with Crippen LogP contribution in [0.2, 0.25) is 5.02 Å². The Labute approximate surface area is 197 Å². The van der Waals surface area contributed by atoms with E-state index in [0.717, 1.165) is 23.7 Å². The molecule has 0 radical (unpaired) electrons. The van der Waals surface area contributed by atoms with E-state index in [4.69, 9.17) is 16.3 Å². The van der Waals surface area contributed by atoms with Crippen molar-refractivity contribution in [1.29, 1.82) is 0 Å². The van der Waals surface area contributed by atoms with Crippen molar-refractivity contribution < 1.29 is 13.9 Å². The number of ether oxygens (including phenoxy) is 1. The zero-order valence-corrected chi connectivity index (χ0v) is 20.9. The van der Waals surface area contributed by atoms with Crippen LogP contribution in [0.4, 0.5) is 9.18 Å². The minimum Gasteiger partial charge on any atom is -0.444 e. The van der Waals surface area contributed by atoms with Crippen molar-refractivity contribution in [2.75, 3.05) is 19.3 Å². The molecule has 166 valence electrons. The summed E-state index contributed by atoms with van der Waals surface area (Å²) in [6.45, 7) is 6.72. The molecule has 1 aliphatic heterocycles. The fourth-order valence-electron chi connectivity index (χ4n) is 3.88. The number of thioether (sulfide) groups is 1. The van der Waals surface area contributed by atoms with Gasteiger partial charge in [-0.3, -0.25) is 4.68 Å². The van der Waals surface area contributed by atoms with Crippen LogP contribution >= 0.6 is 39.3 Å². The summed E-state index contributed by atoms with van der Waals surface area (Å²) in [5, 5.41) is 7.14. The molecule has 0 saturated carbocycles. The number of aromatic nitrogens is 3. The van der Waals surface area contributed by atoms with Gasteiger partial charge in [0.05, 0.1) is 32.6 Å². The topological polar surface area (TPSA) is 60.2 Å². The van der Waals surface area contributed by atoms with Gasteiger partial charge in [-0.25, -0.2) is 14.2 Å². The van der Waals surface area contributed by atoms with Gasteiger partial charge in [0.15, 0.2) is 5.82 Å². The number of piperidine rings is 1. The van der Waals surface area contributed by atoms with Crippen molar-refractivity contribution in [2.45, 2.75) is 50.3 Å². The molecule has 31 heavy (non-hydrogen) atoms. The molecule has 1 aliphatic rings. The van der Waals surface area contributed by atoms with Gasteiger partial charge in [0.25, 0.3) is 0 Å². The van der Waals surface area contributed by atoms with Gasteiger partial charge in [-0.05, 0) is 61.9 Å². The highest BCUT2D eigenvalue weighted by molar-refractivity contribution is 9.10. The minimum absolute atomic E-state index is 0.0713. The lowest BCUT2D eigenvalue weighted by molar-refractivity contribution is 0.0186. The molecule has 0 spiro atoms. The van der Waals surface area contributed by atoms with E-state index in [1.165, 1.54) is 11.8 Å². The summed E-state index contributed by atoms with van der Waals surface area (Å²) < 4.78 is 22.6. The van der Waals surface area contributed by atoms with Gasteiger partial charge < -0.3 is 9.64 Å². The normalized spacial score (nSPS) is 15.8. The Morgan fingerprint density at radius 3 is 2.61 bits per heavy atom. The Morgan fingerprint density at radius 2 is 2.00 bits per heavy atom. The maximum Gasteiger partial charge on any atom is 0.410 e. The van der Waals surface area contributed by atoms with Crippen molar-refractivity contribution in [1.82, 2.24) is 19.7 Å². The first-order chi connectivity index (χ1) is 14.6. The largest absolute Gasteiger partial charge is 0.444 e. The van der Waals surface area contributed by atoms with E-state index in [1.54, 1.807) is 17.2 Å². The lowest BCUT2D eigenvalue weighted by Crippen LogP contribution is -2.42. The van der Waals surface area contributed by atoms with Crippen LogP contribution < -0.4 is 0 Å². The predicted molar refractivity (Wildman–Crippen MR) is 126 cm³/mol. The van der Waals surface area contributed by atoms with Crippen LogP contribution in [-0.2, 0) is 4.74 Å². The Balaban J connectivity index is 1.72. The lowest BCUT2D eigenvalue weighted by atomic mass is 10.0. The van der Waals surface area contributed by atoms with E-state index in [1.807, 2.05) is 31.7 Å². The monoisotopic (exact) mass is 528 g/mol. The first-order valence-electron chi connectivity index (χ1n) is 9.97. The van der Waals surface area contributed by atoms with Crippen LogP contribution in [0, 0.1) is 5.82 Å². The number of hydrogen-bond acceptors (Lipinski definition) is 5. The van der Waals surface area contributed by atoms with Gasteiger partial charge in [-0.1, -0.05) is 11.6 Å². The number of carbonyl (C=O) groups is 1. The van der Waals surface area contributed by atoms with Gasteiger partial charge in [-0.2, -0.15) is 5.10 Å². The van der Waals surface area contributed by atoms with Crippen LogP contribution in [0.15, 0.2) is 21.8 Å². The predicted octanol–water partition coefficient (Wildman–Crippen LogP) is 6.43. The van der Waals surface area contributed by atoms with Crippen LogP contribution in [0.1, 0.15) is 39.7 Å². The minimum atomic E-state index is -0.524. The maximum absolute atomic E-state index is 15.0. The summed E-state index contributed by atoms with van der Waals surface area (Å²) >= 11 is 10.9. The number of likely N-dealkylation sites (tertiary alicyclic amines) is 1. The lowest BCUT2D eigenvalue weighted by Gasteiger charge is -2.33. The molecule has 0 N–H and O–H groups in total. The second-order valence-electron chi connectivity index (χ2n) is 8.55. The molecular weight excluding hydrogens is 507 g/mol. The van der Waals surface area contributed by atoms with E-state index < -0.39 is 11.4 Å². The fourth-order valence-corrected chi connectivity index (χ4v) is 4.92. The third-order valence-electron chi connectivity index (χ3n) is 5.29. The second-order valence-corrected chi connectivity index (χ2v) is 10.5. The van der Waals surface area contributed by atoms with Gasteiger partial charge in [0, 0.05) is 18.5 Å². The van der Waals surface area contributed by atoms with E-state index in [9.17, 15) is 9.18 Å². The summed E-state index contributed by atoms with van der Waals surface area (Å²) in [5.41, 5.74) is 0.559. The summed E-state index contributed by atoms with van der Waals surface area (Å²) in [6.07, 6.45) is 4.84. The number of amides is 1. The average Bonchev–Trinajstić information content (AvgIpc) is 3.16. The summed E-state index contributed by atoms with van der Waals surface area (Å²) in [6, 6.07) is 1.80. The van der Waals surface area contributed by atoms with Crippen LogP contribution in [0.25, 0.3) is 21.8 Å². The second kappa shape index (κ2) is 8.41. The molecule has 6 nitrogen and oxygen atoms in total. The first kappa shape index (κ1) is 22.6. The molecule has 4 rings (SSSR count). The van der Waals surface area contributed by atoms with Gasteiger partial charge in [-0.15, -0.1) is 11.8 Å². The van der Waals surface area contributed by atoms with E-state index in [2.05, 4.69) is 26.0 Å². The number of carbonyl (C=O) groups excluding carboxylic acids is 1. The van der Waals surface area contributed by atoms with E-state index >= 15 is 0 Å². The van der Waals surface area contributed by atoms with Crippen molar-refractivity contribution in [3.63, 3.8) is 0 Å². The van der Waals surface area contributed by atoms with Crippen LogP contribution in [0.5, 0.6) is 0 Å². The molecule has 0 aliphatic carbocycles. The van der Waals surface area contributed by atoms with Crippen LogP contribution in [-0.4, -0.2) is 50.7 Å². The highest BCUT2D eigenvalue weighted by Crippen LogP contribution is 2.39. The highest BCUT2D eigenvalue weighted by Gasteiger charge is 2.29. The average molecular weight is 530 g/mol. The van der Waals surface area contributed by atoms with Crippen molar-refractivity contribution in [2.24, 2.45) is 0 Å². The molecule has 0 bridgehead atoms. The zero-order chi connectivity index (χ0) is 22.5. The zero-order valence-electron chi connectivity index (χ0n) is 17.7. The number of fused-ring (bicyclic) bond motifs is 3. The van der Waals surface area contributed by atoms with Gasteiger partial charge >= 0.3 is 6.09 Å². The Bertz CT molecular complexity index is 1170. The molecule has 1 fully saturated rings. The molecule has 3 heterocycles. The Morgan fingerprint density at radius 1 is 1.32 bits per heavy atom. The third-order valence-corrected chi connectivity index (χ3v) is 7.29. The van der Waals surface area contributed by atoms with Crippen molar-refractivity contribution in [3.05, 3.63) is 27.6 Å². The Hall–Kier alpha value is -1.58. The van der Waals surface area contributed by atoms with Gasteiger partial charge in [0.2, 0.25) is 0 Å². The summed E-state index contributed by atoms with van der Waals surface area (Å²) in [4.78, 5) is 18.7. The SMILES string of the molecule is CSc1nc2c(F)c(Br)c(Cl)cc2c2c1cnn2C1CCN(C(=O)OC(C)(C)C)CC1. The molecular formula is C21H23BrClFN4O2S. The third kappa shape index (κ3) is 4.24. The quantitative estimate of drug-likeness (QED) is 0.283. The summed E-state index contributed by atoms with van der Waals surface area (Å²) in [5.74, 6) is -0.479. The number of hydrogen-bond donors (Lipinski definition) is 0. The smallest absolute Gasteiger partial charge is 0.410 e.